The number of hydrogen-bond acceptors (Lipinski definition) is 5. The molecule has 0 fully saturated rings. The van der Waals surface area contributed by atoms with E-state index in [1.54, 1.807) is 7.11 Å². The van der Waals surface area contributed by atoms with Gasteiger partial charge in [0.05, 0.1) is 32.0 Å². The van der Waals surface area contributed by atoms with Crippen molar-refractivity contribution in [2.24, 2.45) is 5.92 Å². The number of hydrogen-bond donors (Lipinski definition) is 0. The maximum absolute atomic E-state index is 12.2. The summed E-state index contributed by atoms with van der Waals surface area (Å²) in [5.74, 6) is 0.693. The van der Waals surface area contributed by atoms with Crippen molar-refractivity contribution in [1.29, 1.82) is 0 Å². The molecule has 0 amide bonds. The van der Waals surface area contributed by atoms with Crippen LogP contribution in [0.15, 0.2) is 54.6 Å². The predicted molar refractivity (Wildman–Crippen MR) is 199 cm³/mol. The molecular formula is C39H66O5Si2. The molecule has 0 N–H and O–H groups in total. The lowest BCUT2D eigenvalue weighted by Crippen LogP contribution is -2.56. The molecule has 0 saturated heterocycles. The van der Waals surface area contributed by atoms with Crippen LogP contribution in [-0.4, -0.2) is 42.2 Å². The minimum atomic E-state index is -2.39. The van der Waals surface area contributed by atoms with Crippen LogP contribution in [0.3, 0.4) is 0 Å². The molecule has 0 unspecified atom stereocenters. The van der Waals surface area contributed by atoms with Crippen LogP contribution in [0.25, 0.3) is 0 Å². The monoisotopic (exact) mass is 670 g/mol. The van der Waals surface area contributed by atoms with Gasteiger partial charge in [-0.2, -0.15) is 0 Å². The van der Waals surface area contributed by atoms with Crippen LogP contribution >= 0.6 is 0 Å². The number of benzene rings is 2. The lowest BCUT2D eigenvalue weighted by atomic mass is 9.89. The second-order valence-electron chi connectivity index (χ2n) is 15.1. The van der Waals surface area contributed by atoms with E-state index < -0.39 is 16.6 Å². The Labute approximate surface area is 284 Å². The number of carbonyl (C=O) groups excluding carboxylic acids is 1. The smallest absolute Gasteiger partial charge is 0.201 e. The molecule has 0 bridgehead atoms. The second kappa shape index (κ2) is 18.1. The number of methoxy groups -OCH3 is 1. The molecule has 4 atom stereocenters. The van der Waals surface area contributed by atoms with E-state index in [0.29, 0.717) is 46.3 Å². The highest BCUT2D eigenvalue weighted by Crippen LogP contribution is 2.50. The Morgan fingerprint density at radius 3 is 1.50 bits per heavy atom. The Balaban J connectivity index is 2.80. The molecule has 0 saturated carbocycles. The van der Waals surface area contributed by atoms with Gasteiger partial charge in [0.2, 0.25) is 16.6 Å². The maximum Gasteiger partial charge on any atom is 0.201 e. The van der Waals surface area contributed by atoms with Crippen LogP contribution in [0.1, 0.15) is 114 Å². The van der Waals surface area contributed by atoms with E-state index in [1.165, 1.54) is 0 Å². The summed E-state index contributed by atoms with van der Waals surface area (Å²) >= 11 is 0. The van der Waals surface area contributed by atoms with Crippen molar-refractivity contribution in [2.75, 3.05) is 7.11 Å². The zero-order valence-corrected chi connectivity index (χ0v) is 33.5. The van der Waals surface area contributed by atoms with Gasteiger partial charge in [-0.05, 0) is 56.5 Å². The molecule has 0 aromatic heterocycles. The van der Waals surface area contributed by atoms with Crippen molar-refractivity contribution in [3.05, 3.63) is 65.7 Å². The van der Waals surface area contributed by atoms with Gasteiger partial charge in [0.1, 0.15) is 12.0 Å². The Morgan fingerprint density at radius 1 is 0.630 bits per heavy atom. The lowest BCUT2D eigenvalue weighted by molar-refractivity contribution is -0.115. The number of ether oxygens (including phenoxy) is 2. The summed E-state index contributed by atoms with van der Waals surface area (Å²) in [4.78, 5) is 12.2. The maximum atomic E-state index is 12.2. The summed E-state index contributed by atoms with van der Waals surface area (Å²) < 4.78 is 27.6. The Kier molecular flexibility index (Phi) is 15.9. The highest BCUT2D eigenvalue weighted by molar-refractivity contribution is 6.78. The molecule has 0 aliphatic heterocycles. The molecule has 260 valence electrons. The van der Waals surface area contributed by atoms with Crippen molar-refractivity contribution in [2.45, 2.75) is 155 Å². The molecular weight excluding hydrogens is 605 g/mol. The lowest BCUT2D eigenvalue weighted by Gasteiger charge is -2.51. The van der Waals surface area contributed by atoms with E-state index in [0.717, 1.165) is 23.2 Å². The fraction of sp³-hybridized carbons (Fsp3) is 0.667. The first kappa shape index (κ1) is 40.4. The van der Waals surface area contributed by atoms with E-state index in [4.69, 9.17) is 18.3 Å². The van der Waals surface area contributed by atoms with Gasteiger partial charge in [0, 0.05) is 12.3 Å². The summed E-state index contributed by atoms with van der Waals surface area (Å²) in [6, 6.07) is 18.6. The third-order valence-corrected chi connectivity index (χ3v) is 22.7. The molecule has 0 aliphatic rings. The van der Waals surface area contributed by atoms with Gasteiger partial charge in [0.15, 0.2) is 0 Å². The number of rotatable bonds is 20. The second-order valence-corrected chi connectivity index (χ2v) is 25.9. The molecule has 0 heterocycles. The SMILES string of the molecule is COc1ccc(CO[C@@H](CC=O)[C@H](C)[C@@H](O[Si](C(C)C)(C(C)C)C(C)C)[C@H](O[Si](C(C)C)(C(C)C)C(C)C)c2ccccc2)cc1. The van der Waals surface area contributed by atoms with Crippen LogP contribution in [0.4, 0.5) is 0 Å². The van der Waals surface area contributed by atoms with Gasteiger partial charge >= 0.3 is 0 Å². The van der Waals surface area contributed by atoms with E-state index in [9.17, 15) is 4.79 Å². The average Bonchev–Trinajstić information content (AvgIpc) is 3.00. The Morgan fingerprint density at radius 2 is 1.09 bits per heavy atom. The van der Waals surface area contributed by atoms with Gasteiger partial charge in [0.25, 0.3) is 0 Å². The van der Waals surface area contributed by atoms with Crippen molar-refractivity contribution < 1.29 is 23.1 Å². The summed E-state index contributed by atoms with van der Waals surface area (Å²) in [7, 11) is -3.08. The molecule has 46 heavy (non-hydrogen) atoms. The molecule has 2 aromatic carbocycles. The van der Waals surface area contributed by atoms with Crippen LogP contribution in [0.2, 0.25) is 33.2 Å². The Bertz CT molecular complexity index is 1100. The summed E-state index contributed by atoms with van der Waals surface area (Å²) in [6.45, 7) is 30.7. The van der Waals surface area contributed by atoms with Crippen LogP contribution < -0.4 is 4.74 Å². The van der Waals surface area contributed by atoms with E-state index >= 15 is 0 Å². The standard InChI is InChI=1S/C39H66O5Si2/c1-27(2)45(28(3)4,29(5)6)43-38(33(13)37(24-25-40)42-26-34-20-22-36(41-14)23-21-34)39(35-18-16-15-17-19-35)44-46(30(7)8,31(9)10)32(11)12/h15-23,25,27-33,37-39H,24,26H2,1-14H3/t33-,37-,38+,39+/m0/s1. The van der Waals surface area contributed by atoms with Gasteiger partial charge in [-0.1, -0.05) is 132 Å². The molecule has 7 heteroatoms. The number of carbonyl (C=O) groups is 1. The highest BCUT2D eigenvalue weighted by Gasteiger charge is 2.53. The third kappa shape index (κ3) is 9.22. The zero-order valence-electron chi connectivity index (χ0n) is 31.5. The predicted octanol–water partition coefficient (Wildman–Crippen LogP) is 11.3. The van der Waals surface area contributed by atoms with Crippen LogP contribution in [0, 0.1) is 5.92 Å². The molecule has 2 aromatic rings. The van der Waals surface area contributed by atoms with Gasteiger partial charge in [-0.3, -0.25) is 0 Å². The quantitative estimate of drug-likeness (QED) is 0.104. The average molecular weight is 671 g/mol. The van der Waals surface area contributed by atoms with Gasteiger partial charge < -0.3 is 23.1 Å². The zero-order chi connectivity index (χ0) is 34.8. The topological polar surface area (TPSA) is 54.0 Å². The highest BCUT2D eigenvalue weighted by atomic mass is 28.4. The summed E-state index contributed by atoms with van der Waals surface area (Å²) in [5.41, 5.74) is 4.59. The number of aldehydes is 1. The third-order valence-electron chi connectivity index (χ3n) is 10.6. The fourth-order valence-electron chi connectivity index (χ4n) is 8.35. The van der Waals surface area contributed by atoms with Gasteiger partial charge in [-0.25, -0.2) is 0 Å². The molecule has 2 rings (SSSR count). The van der Waals surface area contributed by atoms with Crippen molar-refractivity contribution in [1.82, 2.24) is 0 Å². The molecule has 0 radical (unpaired) electrons. The first-order valence-corrected chi connectivity index (χ1v) is 22.0. The summed E-state index contributed by atoms with van der Waals surface area (Å²) in [6.07, 6.45) is 0.352. The summed E-state index contributed by atoms with van der Waals surface area (Å²) in [5, 5.41) is 0. The first-order valence-electron chi connectivity index (χ1n) is 17.7. The van der Waals surface area contributed by atoms with Crippen molar-refractivity contribution >= 4 is 22.9 Å². The largest absolute Gasteiger partial charge is 0.497 e. The normalized spacial score (nSPS) is 15.7. The van der Waals surface area contributed by atoms with Crippen LogP contribution in [-0.2, 0) is 25.0 Å². The minimum Gasteiger partial charge on any atom is -0.497 e. The van der Waals surface area contributed by atoms with Crippen LogP contribution in [0.5, 0.6) is 5.75 Å². The van der Waals surface area contributed by atoms with E-state index in [1.807, 2.05) is 24.3 Å². The molecule has 0 aliphatic carbocycles. The first-order chi connectivity index (χ1) is 21.6. The van der Waals surface area contributed by atoms with Gasteiger partial charge in [-0.15, -0.1) is 0 Å². The fourth-order valence-corrected chi connectivity index (χ4v) is 19.5. The van der Waals surface area contributed by atoms with E-state index in [2.05, 4.69) is 120 Å². The minimum absolute atomic E-state index is 0.116. The molecule has 0 spiro atoms. The van der Waals surface area contributed by atoms with Crippen molar-refractivity contribution in [3.63, 3.8) is 0 Å². The molecule has 5 nitrogen and oxygen atoms in total. The Hall–Kier alpha value is -1.78. The van der Waals surface area contributed by atoms with E-state index in [-0.39, 0.29) is 24.2 Å². The van der Waals surface area contributed by atoms with Crippen molar-refractivity contribution in [3.8, 4) is 5.75 Å².